The van der Waals surface area contributed by atoms with Gasteiger partial charge in [-0.05, 0) is 60.7 Å². The average molecular weight is 509 g/mol. The van der Waals surface area contributed by atoms with Crippen molar-refractivity contribution in [3.8, 4) is 5.75 Å². The largest absolute Gasteiger partial charge is 0.482 e. The van der Waals surface area contributed by atoms with Crippen LogP contribution in [0.4, 0.5) is 5.69 Å². The average Bonchev–Trinajstić information content (AvgIpc) is 3.48. The number of nitrogens with one attached hydrogen (secondary N) is 1. The van der Waals surface area contributed by atoms with E-state index in [4.69, 9.17) is 21.1 Å². The Kier molecular flexibility index (Phi) is 6.89. The standard InChI is InChI=1S/C22H21ClN2O6S2/c1-30-22(27)19-11-14-10-16(5-7-18(14)32-19)24-21(26)13-31-17-6-4-15(23)12-20(17)33(28,29)25-8-2-3-9-25/h4-7,10-12H,2-3,8-9,13H2,1H3,(H,24,26). The second kappa shape index (κ2) is 9.68. The minimum absolute atomic E-state index is 0.0558. The van der Waals surface area contributed by atoms with E-state index in [1.54, 1.807) is 24.3 Å². The first-order chi connectivity index (χ1) is 15.8. The number of sulfonamides is 1. The molecular weight excluding hydrogens is 488 g/mol. The summed E-state index contributed by atoms with van der Waals surface area (Å²) in [5.74, 6) is -0.812. The third-order valence-corrected chi connectivity index (χ3v) is 8.39. The number of halogens is 1. The number of fused-ring (bicyclic) bond motifs is 1. The highest BCUT2D eigenvalue weighted by Gasteiger charge is 2.30. The molecule has 0 saturated carbocycles. The van der Waals surface area contributed by atoms with E-state index in [-0.39, 0.29) is 22.3 Å². The molecule has 1 N–H and O–H groups in total. The molecule has 1 aromatic heterocycles. The summed E-state index contributed by atoms with van der Waals surface area (Å²) in [5, 5.41) is 3.77. The van der Waals surface area contributed by atoms with Gasteiger partial charge >= 0.3 is 5.97 Å². The van der Waals surface area contributed by atoms with E-state index in [9.17, 15) is 18.0 Å². The molecule has 174 valence electrons. The lowest BCUT2D eigenvalue weighted by Crippen LogP contribution is -2.28. The third kappa shape index (κ3) is 5.14. The summed E-state index contributed by atoms with van der Waals surface area (Å²) in [5.41, 5.74) is 0.520. The van der Waals surface area contributed by atoms with Crippen LogP contribution < -0.4 is 10.1 Å². The van der Waals surface area contributed by atoms with Crippen molar-refractivity contribution in [2.75, 3.05) is 32.1 Å². The molecule has 1 saturated heterocycles. The Morgan fingerprint density at radius 3 is 2.61 bits per heavy atom. The predicted octanol–water partition coefficient (Wildman–Crippen LogP) is 4.14. The van der Waals surface area contributed by atoms with Gasteiger partial charge in [-0.15, -0.1) is 11.3 Å². The van der Waals surface area contributed by atoms with Crippen molar-refractivity contribution in [1.82, 2.24) is 4.31 Å². The molecule has 0 radical (unpaired) electrons. The molecule has 1 fully saturated rings. The van der Waals surface area contributed by atoms with Crippen LogP contribution in [0.15, 0.2) is 47.4 Å². The van der Waals surface area contributed by atoms with Crippen LogP contribution in [0.1, 0.15) is 22.5 Å². The SMILES string of the molecule is COC(=O)c1cc2cc(NC(=O)COc3ccc(Cl)cc3S(=O)(=O)N3CCCC3)ccc2s1. The monoisotopic (exact) mass is 508 g/mol. The Morgan fingerprint density at radius 1 is 1.12 bits per heavy atom. The molecule has 0 aliphatic carbocycles. The molecule has 4 rings (SSSR count). The van der Waals surface area contributed by atoms with Gasteiger partial charge in [-0.25, -0.2) is 13.2 Å². The van der Waals surface area contributed by atoms with Crippen molar-refractivity contribution >= 4 is 60.6 Å². The first-order valence-corrected chi connectivity index (χ1v) is 12.8. The second-order valence-electron chi connectivity index (χ2n) is 7.39. The van der Waals surface area contributed by atoms with Gasteiger partial charge in [0, 0.05) is 28.5 Å². The number of amides is 1. The highest BCUT2D eigenvalue weighted by Crippen LogP contribution is 2.32. The summed E-state index contributed by atoms with van der Waals surface area (Å²) in [6.45, 7) is 0.494. The van der Waals surface area contributed by atoms with E-state index in [0.29, 0.717) is 23.7 Å². The summed E-state index contributed by atoms with van der Waals surface area (Å²) in [6, 6.07) is 11.2. The van der Waals surface area contributed by atoms with E-state index >= 15 is 0 Å². The Bertz CT molecular complexity index is 1320. The minimum atomic E-state index is -3.77. The number of thiophene rings is 1. The second-order valence-corrected chi connectivity index (χ2v) is 10.8. The summed E-state index contributed by atoms with van der Waals surface area (Å²) in [4.78, 5) is 24.6. The van der Waals surface area contributed by atoms with Gasteiger partial charge in [0.2, 0.25) is 10.0 Å². The summed E-state index contributed by atoms with van der Waals surface area (Å²) in [7, 11) is -2.45. The number of carbonyl (C=O) groups excluding carboxylic acids is 2. The van der Waals surface area contributed by atoms with E-state index in [1.165, 1.54) is 41.0 Å². The van der Waals surface area contributed by atoms with Crippen LogP contribution in [-0.2, 0) is 19.6 Å². The first kappa shape index (κ1) is 23.5. The summed E-state index contributed by atoms with van der Waals surface area (Å²) < 4.78 is 38.6. The fraction of sp³-hybridized carbons (Fsp3) is 0.273. The van der Waals surface area contributed by atoms with Crippen LogP contribution in [0.2, 0.25) is 5.02 Å². The molecule has 8 nitrogen and oxygen atoms in total. The molecular formula is C22H21ClN2O6S2. The lowest BCUT2D eigenvalue weighted by molar-refractivity contribution is -0.118. The summed E-state index contributed by atoms with van der Waals surface area (Å²) >= 11 is 7.33. The molecule has 0 unspecified atom stereocenters. The van der Waals surface area contributed by atoms with Crippen LogP contribution in [0.3, 0.4) is 0 Å². The minimum Gasteiger partial charge on any atom is -0.482 e. The number of hydrogen-bond donors (Lipinski definition) is 1. The lowest BCUT2D eigenvalue weighted by Gasteiger charge is -2.18. The lowest BCUT2D eigenvalue weighted by atomic mass is 10.2. The predicted molar refractivity (Wildman–Crippen MR) is 127 cm³/mol. The zero-order valence-electron chi connectivity index (χ0n) is 17.7. The number of anilines is 1. The van der Waals surface area contributed by atoms with Crippen molar-refractivity contribution in [3.05, 3.63) is 52.4 Å². The number of carbonyl (C=O) groups is 2. The molecule has 2 aromatic carbocycles. The van der Waals surface area contributed by atoms with Crippen LogP contribution in [0, 0.1) is 0 Å². The number of hydrogen-bond acceptors (Lipinski definition) is 7. The van der Waals surface area contributed by atoms with Crippen molar-refractivity contribution in [2.45, 2.75) is 17.7 Å². The molecule has 11 heteroatoms. The Hall–Kier alpha value is -2.66. The van der Waals surface area contributed by atoms with E-state index in [1.807, 2.05) is 0 Å². The Labute approximate surface area is 200 Å². The van der Waals surface area contributed by atoms with Gasteiger partial charge < -0.3 is 14.8 Å². The zero-order valence-corrected chi connectivity index (χ0v) is 20.1. The van der Waals surface area contributed by atoms with Crippen molar-refractivity contribution in [3.63, 3.8) is 0 Å². The van der Waals surface area contributed by atoms with Gasteiger partial charge in [-0.2, -0.15) is 4.31 Å². The van der Waals surface area contributed by atoms with Gasteiger partial charge in [0.1, 0.15) is 15.5 Å². The number of benzene rings is 2. The fourth-order valence-corrected chi connectivity index (χ4v) is 6.41. The van der Waals surface area contributed by atoms with Gasteiger partial charge in [0.05, 0.1) is 7.11 Å². The maximum absolute atomic E-state index is 13.0. The summed E-state index contributed by atoms with van der Waals surface area (Å²) in [6.07, 6.45) is 1.60. The fourth-order valence-electron chi connectivity index (χ4n) is 3.53. The first-order valence-electron chi connectivity index (χ1n) is 10.1. The van der Waals surface area contributed by atoms with Gasteiger partial charge in [-0.3, -0.25) is 4.79 Å². The Morgan fingerprint density at radius 2 is 1.88 bits per heavy atom. The quantitative estimate of drug-likeness (QED) is 0.481. The molecule has 1 aliphatic heterocycles. The van der Waals surface area contributed by atoms with Crippen molar-refractivity contribution in [1.29, 1.82) is 0 Å². The number of nitrogens with zero attached hydrogens (tertiary/aromatic N) is 1. The highest BCUT2D eigenvalue weighted by molar-refractivity contribution is 7.89. The van der Waals surface area contributed by atoms with Gasteiger partial charge in [0.25, 0.3) is 5.91 Å². The normalized spacial score (nSPS) is 14.4. The van der Waals surface area contributed by atoms with Crippen LogP contribution in [0.25, 0.3) is 10.1 Å². The zero-order chi connectivity index (χ0) is 23.6. The molecule has 3 aromatic rings. The smallest absolute Gasteiger partial charge is 0.348 e. The molecule has 0 spiro atoms. The molecule has 33 heavy (non-hydrogen) atoms. The van der Waals surface area contributed by atoms with Crippen LogP contribution >= 0.6 is 22.9 Å². The van der Waals surface area contributed by atoms with Gasteiger partial charge in [0.15, 0.2) is 6.61 Å². The topological polar surface area (TPSA) is 102 Å². The molecule has 1 aliphatic rings. The van der Waals surface area contributed by atoms with E-state index < -0.39 is 21.9 Å². The van der Waals surface area contributed by atoms with Crippen LogP contribution in [-0.4, -0.2) is 51.4 Å². The van der Waals surface area contributed by atoms with Gasteiger partial charge in [-0.1, -0.05) is 11.6 Å². The maximum Gasteiger partial charge on any atom is 0.348 e. The molecule has 0 atom stereocenters. The van der Waals surface area contributed by atoms with Crippen molar-refractivity contribution in [2.24, 2.45) is 0 Å². The highest BCUT2D eigenvalue weighted by atomic mass is 35.5. The number of rotatable bonds is 7. The number of ether oxygens (including phenoxy) is 2. The number of esters is 1. The Balaban J connectivity index is 1.46. The van der Waals surface area contributed by atoms with E-state index in [0.717, 1.165) is 22.9 Å². The molecule has 2 heterocycles. The maximum atomic E-state index is 13.0. The third-order valence-electron chi connectivity index (χ3n) is 5.13. The molecule has 0 bridgehead atoms. The number of methoxy groups -OCH3 is 1. The van der Waals surface area contributed by atoms with E-state index in [2.05, 4.69) is 5.32 Å². The van der Waals surface area contributed by atoms with Crippen molar-refractivity contribution < 1.29 is 27.5 Å². The molecule has 1 amide bonds. The van der Waals surface area contributed by atoms with Crippen LogP contribution in [0.5, 0.6) is 5.75 Å².